The summed E-state index contributed by atoms with van der Waals surface area (Å²) >= 11 is 1.67. The molecular weight excluding hydrogens is 510 g/mol. The molecule has 4 rings (SSSR count). The third kappa shape index (κ3) is 5.61. The standard InChI is InChI=1S/C31H47N3O4S/c1-8-16-32-25(36)22-23-27(38)34(21(18-35)17-20-12-10-9-11-13-20)24(31(23)15-14-30(22,7)39-31)26(37)33-29(5,6)19-28(2,3)4/h9-13,21-24,35H,8,14-19H2,1-7H3,(H,32,36)(H,33,37)/t21-,22-,23+,24?,30+,31?/m1/s1. The van der Waals surface area contributed by atoms with E-state index < -0.39 is 39.0 Å². The molecule has 3 amide bonds. The van der Waals surface area contributed by atoms with Crippen molar-refractivity contribution >= 4 is 29.5 Å². The molecule has 3 aliphatic rings. The monoisotopic (exact) mass is 557 g/mol. The number of nitrogens with one attached hydrogen (secondary N) is 2. The largest absolute Gasteiger partial charge is 0.394 e. The molecule has 3 heterocycles. The second-order valence-corrected chi connectivity index (χ2v) is 15.8. The highest BCUT2D eigenvalue weighted by atomic mass is 32.2. The smallest absolute Gasteiger partial charge is 0.244 e. The van der Waals surface area contributed by atoms with E-state index in [0.717, 1.165) is 24.8 Å². The summed E-state index contributed by atoms with van der Waals surface area (Å²) in [4.78, 5) is 44.0. The van der Waals surface area contributed by atoms with E-state index in [-0.39, 0.29) is 29.7 Å². The topological polar surface area (TPSA) is 98.7 Å². The van der Waals surface area contributed by atoms with Crippen LogP contribution in [-0.4, -0.2) is 68.0 Å². The molecule has 3 fully saturated rings. The molecule has 3 saturated heterocycles. The molecule has 216 valence electrons. The third-order valence-corrected chi connectivity index (χ3v) is 10.6. The summed E-state index contributed by atoms with van der Waals surface area (Å²) in [5.41, 5.74) is 0.503. The first-order valence-corrected chi connectivity index (χ1v) is 15.3. The molecular formula is C31H47N3O4S. The van der Waals surface area contributed by atoms with Crippen LogP contribution in [0.3, 0.4) is 0 Å². The number of benzene rings is 1. The van der Waals surface area contributed by atoms with Crippen LogP contribution >= 0.6 is 11.8 Å². The van der Waals surface area contributed by atoms with Gasteiger partial charge >= 0.3 is 0 Å². The van der Waals surface area contributed by atoms with Crippen LogP contribution in [0.2, 0.25) is 0 Å². The molecule has 3 aliphatic heterocycles. The molecule has 0 saturated carbocycles. The maximum atomic E-state index is 14.4. The number of nitrogens with zero attached hydrogens (tertiary/aromatic N) is 1. The van der Waals surface area contributed by atoms with E-state index in [2.05, 4.69) is 38.3 Å². The molecule has 7 nitrogen and oxygen atoms in total. The first-order chi connectivity index (χ1) is 18.2. The van der Waals surface area contributed by atoms with Crippen LogP contribution in [0.25, 0.3) is 0 Å². The number of carbonyl (C=O) groups excluding carboxylic acids is 3. The lowest BCUT2D eigenvalue weighted by molar-refractivity contribution is -0.143. The Morgan fingerprint density at radius 1 is 1.13 bits per heavy atom. The number of hydrogen-bond acceptors (Lipinski definition) is 5. The average Bonchev–Trinajstić information content (AvgIpc) is 3.40. The molecule has 1 spiro atoms. The van der Waals surface area contributed by atoms with Crippen molar-refractivity contribution in [3.8, 4) is 0 Å². The van der Waals surface area contributed by atoms with E-state index >= 15 is 0 Å². The second-order valence-electron chi connectivity index (χ2n) is 13.9. The van der Waals surface area contributed by atoms with E-state index in [0.29, 0.717) is 19.4 Å². The van der Waals surface area contributed by atoms with Crippen LogP contribution < -0.4 is 10.6 Å². The van der Waals surface area contributed by atoms with Crippen molar-refractivity contribution in [3.63, 3.8) is 0 Å². The number of likely N-dealkylation sites (tertiary alicyclic amines) is 1. The van der Waals surface area contributed by atoms with Crippen molar-refractivity contribution in [2.24, 2.45) is 17.3 Å². The minimum absolute atomic E-state index is 0.000226. The van der Waals surface area contributed by atoms with Crippen LogP contribution in [0.15, 0.2) is 30.3 Å². The molecule has 39 heavy (non-hydrogen) atoms. The summed E-state index contributed by atoms with van der Waals surface area (Å²) in [6, 6.07) is 8.45. The normalized spacial score (nSPS) is 30.8. The summed E-state index contributed by atoms with van der Waals surface area (Å²) in [6.45, 7) is 14.9. The Morgan fingerprint density at radius 2 is 1.79 bits per heavy atom. The summed E-state index contributed by atoms with van der Waals surface area (Å²) in [7, 11) is 0. The fraction of sp³-hybridized carbons (Fsp3) is 0.710. The summed E-state index contributed by atoms with van der Waals surface area (Å²) in [5.74, 6) is -1.55. The molecule has 2 bridgehead atoms. The molecule has 1 aromatic rings. The second kappa shape index (κ2) is 10.7. The van der Waals surface area contributed by atoms with Gasteiger partial charge in [0.25, 0.3) is 0 Å². The molecule has 8 heteroatoms. The highest BCUT2D eigenvalue weighted by molar-refractivity contribution is 8.02. The van der Waals surface area contributed by atoms with Crippen LogP contribution in [0.4, 0.5) is 0 Å². The van der Waals surface area contributed by atoms with Gasteiger partial charge < -0.3 is 20.6 Å². The Kier molecular flexibility index (Phi) is 8.23. The van der Waals surface area contributed by atoms with Crippen LogP contribution in [-0.2, 0) is 20.8 Å². The minimum Gasteiger partial charge on any atom is -0.394 e. The lowest BCUT2D eigenvalue weighted by Gasteiger charge is -2.40. The summed E-state index contributed by atoms with van der Waals surface area (Å²) < 4.78 is -1.11. The van der Waals surface area contributed by atoms with E-state index in [1.54, 1.807) is 16.7 Å². The molecule has 2 unspecified atom stereocenters. The van der Waals surface area contributed by atoms with Gasteiger partial charge in [0.2, 0.25) is 17.7 Å². The Balaban J connectivity index is 1.76. The quantitative estimate of drug-likeness (QED) is 0.405. The predicted octanol–water partition coefficient (Wildman–Crippen LogP) is 3.93. The molecule has 0 radical (unpaired) electrons. The van der Waals surface area contributed by atoms with Gasteiger partial charge in [0, 0.05) is 16.8 Å². The summed E-state index contributed by atoms with van der Waals surface area (Å²) in [6.07, 6.45) is 3.49. The van der Waals surface area contributed by atoms with Gasteiger partial charge in [0.1, 0.15) is 6.04 Å². The third-order valence-electron chi connectivity index (χ3n) is 8.65. The van der Waals surface area contributed by atoms with E-state index in [1.165, 1.54) is 0 Å². The van der Waals surface area contributed by atoms with Crippen molar-refractivity contribution < 1.29 is 19.5 Å². The van der Waals surface area contributed by atoms with Crippen molar-refractivity contribution in [3.05, 3.63) is 35.9 Å². The van der Waals surface area contributed by atoms with Gasteiger partial charge in [0.15, 0.2) is 0 Å². The van der Waals surface area contributed by atoms with Crippen molar-refractivity contribution in [1.82, 2.24) is 15.5 Å². The van der Waals surface area contributed by atoms with Gasteiger partial charge in [-0.05, 0) is 63.9 Å². The first kappa shape index (κ1) is 29.9. The number of fused-ring (bicyclic) bond motifs is 1. The lowest BCUT2D eigenvalue weighted by atomic mass is 9.66. The Morgan fingerprint density at radius 3 is 2.38 bits per heavy atom. The van der Waals surface area contributed by atoms with Crippen LogP contribution in [0, 0.1) is 17.3 Å². The number of aliphatic hydroxyl groups excluding tert-OH is 1. The fourth-order valence-corrected chi connectivity index (χ4v) is 10.1. The Bertz CT molecular complexity index is 1090. The number of amides is 3. The highest BCUT2D eigenvalue weighted by Crippen LogP contribution is 2.71. The number of carbonyl (C=O) groups is 3. The average molecular weight is 558 g/mol. The zero-order valence-electron chi connectivity index (χ0n) is 24.7. The van der Waals surface area contributed by atoms with Crippen LogP contribution in [0.5, 0.6) is 0 Å². The maximum Gasteiger partial charge on any atom is 0.244 e. The van der Waals surface area contributed by atoms with Gasteiger partial charge in [-0.1, -0.05) is 58.0 Å². The zero-order valence-corrected chi connectivity index (χ0v) is 25.5. The van der Waals surface area contributed by atoms with E-state index in [1.807, 2.05) is 51.1 Å². The summed E-state index contributed by atoms with van der Waals surface area (Å²) in [5, 5.41) is 17.0. The zero-order chi connectivity index (χ0) is 28.8. The Labute approximate surface area is 238 Å². The van der Waals surface area contributed by atoms with E-state index in [4.69, 9.17) is 0 Å². The van der Waals surface area contributed by atoms with Gasteiger partial charge in [-0.3, -0.25) is 14.4 Å². The van der Waals surface area contributed by atoms with Gasteiger partial charge in [-0.15, -0.1) is 11.8 Å². The highest BCUT2D eigenvalue weighted by Gasteiger charge is 2.77. The molecule has 1 aromatic carbocycles. The Hall–Kier alpha value is -2.06. The van der Waals surface area contributed by atoms with Crippen molar-refractivity contribution in [2.45, 2.75) is 108 Å². The van der Waals surface area contributed by atoms with Gasteiger partial charge in [-0.25, -0.2) is 0 Å². The van der Waals surface area contributed by atoms with Gasteiger partial charge in [-0.2, -0.15) is 0 Å². The van der Waals surface area contributed by atoms with E-state index in [9.17, 15) is 19.5 Å². The minimum atomic E-state index is -0.758. The van der Waals surface area contributed by atoms with Crippen LogP contribution in [0.1, 0.15) is 79.7 Å². The number of aliphatic hydroxyl groups is 1. The fourth-order valence-electron chi connectivity index (χ4n) is 7.72. The first-order valence-electron chi connectivity index (χ1n) is 14.4. The molecule has 0 aliphatic carbocycles. The molecule has 0 aromatic heterocycles. The SMILES string of the molecule is CCCNC(=O)[C@H]1[C@H]2C(=O)N([C@@H](CO)Cc3ccccc3)C(C(=O)NC(C)(C)CC(C)(C)C)C23CC[C@]1(C)S3. The molecule has 3 N–H and O–H groups in total. The lowest BCUT2D eigenvalue weighted by Crippen LogP contribution is -2.60. The predicted molar refractivity (Wildman–Crippen MR) is 156 cm³/mol. The number of hydrogen-bond donors (Lipinski definition) is 3. The van der Waals surface area contributed by atoms with Crippen molar-refractivity contribution in [1.29, 1.82) is 0 Å². The number of rotatable bonds is 10. The molecule has 6 atom stereocenters. The van der Waals surface area contributed by atoms with Gasteiger partial charge in [0.05, 0.1) is 29.2 Å². The number of thioether (sulfide) groups is 1. The maximum absolute atomic E-state index is 14.4. The van der Waals surface area contributed by atoms with Crippen molar-refractivity contribution in [2.75, 3.05) is 13.2 Å².